The van der Waals surface area contributed by atoms with Crippen LogP contribution in [0.15, 0.2) is 82.7 Å². The summed E-state index contributed by atoms with van der Waals surface area (Å²) in [4.78, 5) is 28.6. The van der Waals surface area contributed by atoms with E-state index in [1.54, 1.807) is 42.5 Å². The number of hydrogen-bond acceptors (Lipinski definition) is 9. The molecule has 0 saturated carbocycles. The van der Waals surface area contributed by atoms with Crippen molar-refractivity contribution in [2.24, 2.45) is 5.92 Å². The van der Waals surface area contributed by atoms with Crippen LogP contribution >= 0.6 is 34.7 Å². The van der Waals surface area contributed by atoms with Crippen molar-refractivity contribution < 1.29 is 24.2 Å². The van der Waals surface area contributed by atoms with E-state index in [2.05, 4.69) is 24.0 Å². The second-order valence-corrected chi connectivity index (χ2v) is 13.1. The number of thioether (sulfide) groups is 1. The van der Waals surface area contributed by atoms with Crippen LogP contribution in [0.4, 0.5) is 5.13 Å². The predicted molar refractivity (Wildman–Crippen MR) is 175 cm³/mol. The third kappa shape index (κ3) is 7.09. The number of nitrogens with zero attached hydrogens (tertiary/aromatic N) is 3. The van der Waals surface area contributed by atoms with Crippen LogP contribution in [0.1, 0.15) is 49.9 Å². The van der Waals surface area contributed by atoms with Gasteiger partial charge in [-0.25, -0.2) is 0 Å². The van der Waals surface area contributed by atoms with Gasteiger partial charge in [0.15, 0.2) is 15.8 Å². The van der Waals surface area contributed by atoms with E-state index in [9.17, 15) is 14.7 Å². The maximum atomic E-state index is 13.6. The van der Waals surface area contributed by atoms with Crippen molar-refractivity contribution in [2.75, 3.05) is 18.1 Å². The molecule has 1 saturated heterocycles. The smallest absolute Gasteiger partial charge is 0.301 e. The third-order valence-corrected chi connectivity index (χ3v) is 9.28. The summed E-state index contributed by atoms with van der Waals surface area (Å²) in [5.74, 6) is 0.224. The first-order valence-corrected chi connectivity index (χ1v) is 16.4. The predicted octanol–water partition coefficient (Wildman–Crippen LogP) is 7.93. The van der Waals surface area contributed by atoms with Crippen molar-refractivity contribution in [3.05, 3.63) is 100 Å². The number of carbonyl (C=O) groups excluding carboxylic acids is 2. The number of anilines is 1. The van der Waals surface area contributed by atoms with Crippen molar-refractivity contribution >= 4 is 57.3 Å². The second-order valence-electron chi connectivity index (χ2n) is 10.5. The monoisotopic (exact) mass is 649 g/mol. The van der Waals surface area contributed by atoms with Crippen LogP contribution in [-0.4, -0.2) is 40.2 Å². The zero-order chi connectivity index (χ0) is 31.2. The fourth-order valence-corrected chi connectivity index (χ4v) is 6.62. The molecule has 1 amide bonds. The Hall–Kier alpha value is -3.86. The van der Waals surface area contributed by atoms with E-state index in [1.807, 2.05) is 37.3 Å². The number of carbonyl (C=O) groups is 2. The molecule has 0 spiro atoms. The van der Waals surface area contributed by atoms with E-state index in [4.69, 9.17) is 21.1 Å². The van der Waals surface area contributed by atoms with Crippen LogP contribution in [0.5, 0.6) is 11.5 Å². The summed E-state index contributed by atoms with van der Waals surface area (Å²) in [5.41, 5.74) is 1.96. The molecule has 44 heavy (non-hydrogen) atoms. The lowest BCUT2D eigenvalue weighted by molar-refractivity contribution is -0.132. The van der Waals surface area contributed by atoms with Gasteiger partial charge < -0.3 is 14.6 Å². The normalized spacial score (nSPS) is 16.1. The Bertz CT molecular complexity index is 1660. The maximum absolute atomic E-state index is 13.6. The molecule has 0 aliphatic carbocycles. The van der Waals surface area contributed by atoms with Crippen molar-refractivity contribution in [2.45, 2.75) is 43.3 Å². The molecule has 8 nitrogen and oxygen atoms in total. The molecule has 1 aliphatic rings. The summed E-state index contributed by atoms with van der Waals surface area (Å²) in [6.07, 6.45) is 0.871. The molecule has 1 N–H and O–H groups in total. The lowest BCUT2D eigenvalue weighted by atomic mass is 9.95. The van der Waals surface area contributed by atoms with Crippen LogP contribution in [0.3, 0.4) is 0 Å². The van der Waals surface area contributed by atoms with Gasteiger partial charge in [-0.2, -0.15) is 0 Å². The van der Waals surface area contributed by atoms with Crippen LogP contribution in [0.25, 0.3) is 5.76 Å². The molecule has 228 valence electrons. The SMILES string of the molecule is CCOc1cc(C2/C(=C(\O)c3ccc(Cl)cc3)C(=O)C(=O)N2c2nnc(SCc3ccccc3)s2)ccc1OCCC(C)C. The minimum atomic E-state index is -0.991. The topological polar surface area (TPSA) is 102 Å². The number of aliphatic hydroxyl groups excluding tert-OH is 1. The first-order valence-electron chi connectivity index (χ1n) is 14.2. The Morgan fingerprint density at radius 3 is 2.48 bits per heavy atom. The number of rotatable bonds is 12. The molecular formula is C33H32ClN3O5S2. The van der Waals surface area contributed by atoms with Gasteiger partial charge in [0.1, 0.15) is 5.76 Å². The highest BCUT2D eigenvalue weighted by Gasteiger charge is 2.48. The largest absolute Gasteiger partial charge is 0.507 e. The molecule has 4 aromatic rings. The third-order valence-electron chi connectivity index (χ3n) is 6.91. The number of benzene rings is 3. The van der Waals surface area contributed by atoms with Gasteiger partial charge in [0.25, 0.3) is 5.78 Å². The first kappa shape index (κ1) is 31.6. The van der Waals surface area contributed by atoms with E-state index in [0.717, 1.165) is 12.0 Å². The molecule has 1 atom stereocenters. The lowest BCUT2D eigenvalue weighted by Crippen LogP contribution is -2.29. The molecule has 3 aromatic carbocycles. The minimum Gasteiger partial charge on any atom is -0.507 e. The Morgan fingerprint density at radius 1 is 1.02 bits per heavy atom. The first-order chi connectivity index (χ1) is 21.3. The van der Waals surface area contributed by atoms with Gasteiger partial charge in [-0.1, -0.05) is 84.9 Å². The molecule has 0 bridgehead atoms. The standard InChI is InChI=1S/C33H32ClN3O5S2/c1-4-41-26-18-23(12-15-25(26)42-17-16-20(2)3)28-27(29(38)22-10-13-24(34)14-11-22)30(39)31(40)37(28)32-35-36-33(44-32)43-19-21-8-6-5-7-9-21/h5-15,18,20,28,38H,4,16-17,19H2,1-3H3/b29-27+. The lowest BCUT2D eigenvalue weighted by Gasteiger charge is -2.24. The summed E-state index contributed by atoms with van der Waals surface area (Å²) in [6.45, 7) is 7.01. The number of halogens is 1. The van der Waals surface area contributed by atoms with Crippen LogP contribution < -0.4 is 14.4 Å². The fourth-order valence-electron chi connectivity index (χ4n) is 4.67. The molecule has 1 aliphatic heterocycles. The summed E-state index contributed by atoms with van der Waals surface area (Å²) in [5, 5.41) is 20.8. The maximum Gasteiger partial charge on any atom is 0.301 e. The Labute approximate surface area is 269 Å². The highest BCUT2D eigenvalue weighted by Crippen LogP contribution is 2.45. The van der Waals surface area contributed by atoms with E-state index >= 15 is 0 Å². The summed E-state index contributed by atoms with van der Waals surface area (Å²) >= 11 is 8.77. The molecule has 0 radical (unpaired) electrons. The number of aromatic nitrogens is 2. The zero-order valence-electron chi connectivity index (χ0n) is 24.5. The quantitative estimate of drug-likeness (QED) is 0.0543. The van der Waals surface area contributed by atoms with Gasteiger partial charge in [0, 0.05) is 16.3 Å². The summed E-state index contributed by atoms with van der Waals surface area (Å²) in [6, 6.07) is 20.7. The Kier molecular flexibility index (Phi) is 10.2. The van der Waals surface area contributed by atoms with Gasteiger partial charge in [-0.05, 0) is 66.8 Å². The Balaban J connectivity index is 1.56. The summed E-state index contributed by atoms with van der Waals surface area (Å²) in [7, 11) is 0. The van der Waals surface area contributed by atoms with E-state index < -0.39 is 17.7 Å². The number of aliphatic hydroxyl groups is 1. The number of ether oxygens (including phenoxy) is 2. The number of hydrogen-bond donors (Lipinski definition) is 1. The van der Waals surface area contributed by atoms with E-state index in [1.165, 1.54) is 28.0 Å². The Morgan fingerprint density at radius 2 is 1.77 bits per heavy atom. The van der Waals surface area contributed by atoms with Crippen molar-refractivity contribution in [3.8, 4) is 11.5 Å². The molecule has 1 fully saturated rings. The highest BCUT2D eigenvalue weighted by molar-refractivity contribution is 8.00. The number of ketones is 1. The molecule has 5 rings (SSSR count). The van der Waals surface area contributed by atoms with Crippen LogP contribution in [0.2, 0.25) is 5.02 Å². The molecule has 2 heterocycles. The minimum absolute atomic E-state index is 0.0677. The van der Waals surface area contributed by atoms with Crippen molar-refractivity contribution in [3.63, 3.8) is 0 Å². The van der Waals surface area contributed by atoms with Crippen LogP contribution in [-0.2, 0) is 15.3 Å². The van der Waals surface area contributed by atoms with Gasteiger partial charge >= 0.3 is 5.91 Å². The molecule has 11 heteroatoms. The molecule has 1 unspecified atom stereocenters. The summed E-state index contributed by atoms with van der Waals surface area (Å²) < 4.78 is 12.6. The highest BCUT2D eigenvalue weighted by atomic mass is 35.5. The van der Waals surface area contributed by atoms with E-state index in [0.29, 0.717) is 56.9 Å². The van der Waals surface area contributed by atoms with Crippen LogP contribution in [0, 0.1) is 5.92 Å². The van der Waals surface area contributed by atoms with Gasteiger partial charge in [0.2, 0.25) is 5.13 Å². The van der Waals surface area contributed by atoms with Crippen molar-refractivity contribution in [1.29, 1.82) is 0 Å². The van der Waals surface area contributed by atoms with Crippen molar-refractivity contribution in [1.82, 2.24) is 10.2 Å². The molecular weight excluding hydrogens is 618 g/mol. The average Bonchev–Trinajstić information content (AvgIpc) is 3.59. The van der Waals surface area contributed by atoms with Gasteiger partial charge in [-0.15, -0.1) is 10.2 Å². The number of Topliss-reactive ketones (excluding diaryl/α,β-unsaturated/α-hetero) is 1. The van der Waals surface area contributed by atoms with Gasteiger partial charge in [-0.3, -0.25) is 14.5 Å². The number of amides is 1. The van der Waals surface area contributed by atoms with Gasteiger partial charge in [0.05, 0.1) is 24.8 Å². The second kappa shape index (κ2) is 14.3. The molecule has 1 aromatic heterocycles. The zero-order valence-corrected chi connectivity index (χ0v) is 26.9. The van der Waals surface area contributed by atoms with E-state index in [-0.39, 0.29) is 16.5 Å². The average molecular weight is 650 g/mol. The fraction of sp³-hybridized carbons (Fsp3) is 0.273.